The second-order valence-corrected chi connectivity index (χ2v) is 6.97. The van der Waals surface area contributed by atoms with E-state index >= 15 is 0 Å². The normalized spacial score (nSPS) is 10.7. The van der Waals surface area contributed by atoms with E-state index in [-0.39, 0.29) is 5.91 Å². The zero-order valence-corrected chi connectivity index (χ0v) is 13.6. The van der Waals surface area contributed by atoms with Crippen LogP contribution in [-0.2, 0) is 0 Å². The van der Waals surface area contributed by atoms with E-state index in [9.17, 15) is 4.79 Å². The van der Waals surface area contributed by atoms with Gasteiger partial charge in [0, 0.05) is 23.2 Å². The number of fused-ring (bicyclic) bond motifs is 1. The summed E-state index contributed by atoms with van der Waals surface area (Å²) in [5.74, 6) is 0.966. The molecule has 0 radical (unpaired) electrons. The minimum Gasteiger partial charge on any atom is -0.351 e. The number of benzene rings is 1. The van der Waals surface area contributed by atoms with Crippen LogP contribution in [0.15, 0.2) is 59.8 Å². The van der Waals surface area contributed by atoms with Gasteiger partial charge in [0.25, 0.3) is 5.91 Å². The SMILES string of the molecule is O=C(NCCCSc1ccccn1)c1cc2ccccc2s1. The van der Waals surface area contributed by atoms with Crippen LogP contribution in [0.3, 0.4) is 0 Å². The van der Waals surface area contributed by atoms with Gasteiger partial charge in [-0.15, -0.1) is 23.1 Å². The first-order valence-corrected chi connectivity index (χ1v) is 8.94. The smallest absolute Gasteiger partial charge is 0.261 e. The lowest BCUT2D eigenvalue weighted by atomic mass is 10.2. The highest BCUT2D eigenvalue weighted by Crippen LogP contribution is 2.25. The minimum absolute atomic E-state index is 0.0176. The molecule has 22 heavy (non-hydrogen) atoms. The molecule has 0 spiro atoms. The van der Waals surface area contributed by atoms with Gasteiger partial charge in [0.1, 0.15) is 0 Å². The molecule has 2 heterocycles. The largest absolute Gasteiger partial charge is 0.351 e. The Kier molecular flexibility index (Phi) is 5.08. The number of aromatic nitrogens is 1. The lowest BCUT2D eigenvalue weighted by Crippen LogP contribution is -2.23. The highest BCUT2D eigenvalue weighted by atomic mass is 32.2. The molecule has 0 aliphatic carbocycles. The first-order chi connectivity index (χ1) is 10.8. The molecule has 5 heteroatoms. The Morgan fingerprint density at radius 3 is 2.86 bits per heavy atom. The van der Waals surface area contributed by atoms with Crippen molar-refractivity contribution in [3.63, 3.8) is 0 Å². The molecule has 1 N–H and O–H groups in total. The van der Waals surface area contributed by atoms with Gasteiger partial charge in [-0.1, -0.05) is 24.3 Å². The van der Waals surface area contributed by atoms with Gasteiger partial charge in [0.05, 0.1) is 9.90 Å². The Morgan fingerprint density at radius 2 is 2.05 bits per heavy atom. The Morgan fingerprint density at radius 1 is 1.18 bits per heavy atom. The summed E-state index contributed by atoms with van der Waals surface area (Å²) in [4.78, 5) is 17.2. The van der Waals surface area contributed by atoms with E-state index in [2.05, 4.69) is 10.3 Å². The molecule has 3 aromatic rings. The molecule has 1 amide bonds. The number of carbonyl (C=O) groups excluding carboxylic acids is 1. The molecule has 2 aromatic heterocycles. The maximum absolute atomic E-state index is 12.1. The van der Waals surface area contributed by atoms with Gasteiger partial charge in [-0.25, -0.2) is 4.98 Å². The minimum atomic E-state index is 0.0176. The van der Waals surface area contributed by atoms with Gasteiger partial charge < -0.3 is 5.32 Å². The maximum atomic E-state index is 12.1. The van der Waals surface area contributed by atoms with Gasteiger partial charge in [-0.2, -0.15) is 0 Å². The van der Waals surface area contributed by atoms with Crippen molar-refractivity contribution in [2.24, 2.45) is 0 Å². The molecule has 0 aliphatic rings. The third-order valence-electron chi connectivity index (χ3n) is 3.14. The summed E-state index contributed by atoms with van der Waals surface area (Å²) >= 11 is 3.25. The summed E-state index contributed by atoms with van der Waals surface area (Å²) in [6.07, 6.45) is 2.73. The zero-order chi connectivity index (χ0) is 15.2. The summed E-state index contributed by atoms with van der Waals surface area (Å²) in [6, 6.07) is 15.9. The molecule has 0 unspecified atom stereocenters. The predicted octanol–water partition coefficient (Wildman–Crippen LogP) is 4.21. The average Bonchev–Trinajstić information content (AvgIpc) is 2.99. The quantitative estimate of drug-likeness (QED) is 0.544. The van der Waals surface area contributed by atoms with Crippen LogP contribution in [0.4, 0.5) is 0 Å². The van der Waals surface area contributed by atoms with Crippen molar-refractivity contribution >= 4 is 39.1 Å². The Bertz CT molecular complexity index is 722. The number of thiophene rings is 1. The van der Waals surface area contributed by atoms with Crippen molar-refractivity contribution in [2.75, 3.05) is 12.3 Å². The number of rotatable bonds is 6. The van der Waals surface area contributed by atoms with Crippen molar-refractivity contribution in [1.29, 1.82) is 0 Å². The van der Waals surface area contributed by atoms with E-state index in [1.807, 2.05) is 48.5 Å². The molecular formula is C17H16N2OS2. The topological polar surface area (TPSA) is 42.0 Å². The molecule has 1 aromatic carbocycles. The first-order valence-electron chi connectivity index (χ1n) is 7.13. The average molecular weight is 328 g/mol. The molecule has 112 valence electrons. The van der Waals surface area contributed by atoms with E-state index in [0.29, 0.717) is 6.54 Å². The van der Waals surface area contributed by atoms with E-state index in [1.165, 1.54) is 11.3 Å². The van der Waals surface area contributed by atoms with Crippen LogP contribution in [0.5, 0.6) is 0 Å². The van der Waals surface area contributed by atoms with Crippen molar-refractivity contribution in [3.8, 4) is 0 Å². The Balaban J connectivity index is 1.44. The molecule has 0 saturated heterocycles. The van der Waals surface area contributed by atoms with Crippen LogP contribution >= 0.6 is 23.1 Å². The fourth-order valence-electron chi connectivity index (χ4n) is 2.06. The molecule has 0 fully saturated rings. The molecule has 0 bridgehead atoms. The number of nitrogens with one attached hydrogen (secondary N) is 1. The van der Waals surface area contributed by atoms with E-state index in [1.54, 1.807) is 18.0 Å². The van der Waals surface area contributed by atoms with Crippen LogP contribution in [0.25, 0.3) is 10.1 Å². The van der Waals surface area contributed by atoms with Gasteiger partial charge in [-0.05, 0) is 36.1 Å². The summed E-state index contributed by atoms with van der Waals surface area (Å²) in [5, 5.41) is 5.14. The summed E-state index contributed by atoms with van der Waals surface area (Å²) in [6.45, 7) is 0.687. The number of hydrogen-bond donors (Lipinski definition) is 1. The predicted molar refractivity (Wildman–Crippen MR) is 93.7 cm³/mol. The Hall–Kier alpha value is -1.85. The third-order valence-corrected chi connectivity index (χ3v) is 5.29. The van der Waals surface area contributed by atoms with Crippen molar-refractivity contribution in [1.82, 2.24) is 10.3 Å². The van der Waals surface area contributed by atoms with E-state index < -0.39 is 0 Å². The first kappa shape index (κ1) is 15.1. The third kappa shape index (κ3) is 3.87. The van der Waals surface area contributed by atoms with Gasteiger partial charge in [-0.3, -0.25) is 4.79 Å². The summed E-state index contributed by atoms with van der Waals surface area (Å²) < 4.78 is 1.15. The van der Waals surface area contributed by atoms with Gasteiger partial charge in [0.15, 0.2) is 0 Å². The summed E-state index contributed by atoms with van der Waals surface area (Å²) in [7, 11) is 0. The monoisotopic (exact) mass is 328 g/mol. The lowest BCUT2D eigenvalue weighted by molar-refractivity contribution is 0.0958. The molecule has 3 rings (SSSR count). The van der Waals surface area contributed by atoms with Crippen LogP contribution < -0.4 is 5.32 Å². The van der Waals surface area contributed by atoms with E-state index in [4.69, 9.17) is 0 Å². The summed E-state index contributed by atoms with van der Waals surface area (Å²) in [5.41, 5.74) is 0. The lowest BCUT2D eigenvalue weighted by Gasteiger charge is -2.03. The maximum Gasteiger partial charge on any atom is 0.261 e. The fraction of sp³-hybridized carbons (Fsp3) is 0.176. The molecule has 0 atom stereocenters. The highest BCUT2D eigenvalue weighted by molar-refractivity contribution is 7.99. The number of nitrogens with zero attached hydrogens (tertiary/aromatic N) is 1. The number of amides is 1. The fourth-order valence-corrected chi connectivity index (χ4v) is 3.85. The van der Waals surface area contributed by atoms with Crippen molar-refractivity contribution < 1.29 is 4.79 Å². The van der Waals surface area contributed by atoms with Gasteiger partial charge >= 0.3 is 0 Å². The molecule has 0 aliphatic heterocycles. The standard InChI is InChI=1S/C17H16N2OS2/c20-17(15-12-13-6-1-2-7-14(13)22-15)19-10-5-11-21-16-8-3-4-9-18-16/h1-4,6-9,12H,5,10-11H2,(H,19,20). The van der Waals surface area contributed by atoms with Crippen LogP contribution in [0, 0.1) is 0 Å². The number of hydrogen-bond acceptors (Lipinski definition) is 4. The van der Waals surface area contributed by atoms with Gasteiger partial charge in [0.2, 0.25) is 0 Å². The molecule has 3 nitrogen and oxygen atoms in total. The Labute approximate surface area is 137 Å². The highest BCUT2D eigenvalue weighted by Gasteiger charge is 2.09. The second-order valence-electron chi connectivity index (χ2n) is 4.77. The van der Waals surface area contributed by atoms with Crippen molar-refractivity contribution in [3.05, 3.63) is 59.6 Å². The zero-order valence-electron chi connectivity index (χ0n) is 12.0. The molecule has 0 saturated carbocycles. The van der Waals surface area contributed by atoms with Crippen LogP contribution in [0.1, 0.15) is 16.1 Å². The van der Waals surface area contributed by atoms with Crippen molar-refractivity contribution in [2.45, 2.75) is 11.4 Å². The number of carbonyl (C=O) groups is 1. The second kappa shape index (κ2) is 7.42. The molecular weight excluding hydrogens is 312 g/mol. The number of thioether (sulfide) groups is 1. The van der Waals surface area contributed by atoms with Crippen LogP contribution in [0.2, 0.25) is 0 Å². The van der Waals surface area contributed by atoms with E-state index in [0.717, 1.165) is 32.2 Å². The number of pyridine rings is 1. The van der Waals surface area contributed by atoms with Crippen LogP contribution in [-0.4, -0.2) is 23.2 Å².